The second-order valence-electron chi connectivity index (χ2n) is 5.60. The molecule has 5 N–H and O–H groups in total. The van der Waals surface area contributed by atoms with Crippen molar-refractivity contribution in [2.75, 3.05) is 4.90 Å². The van der Waals surface area contributed by atoms with E-state index in [0.717, 1.165) is 11.4 Å². The third kappa shape index (κ3) is 13.6. The first-order valence-corrected chi connectivity index (χ1v) is 9.39. The average molecular weight is 428 g/mol. The minimum absolute atomic E-state index is 0.222. The normalized spacial score (nSPS) is 8.71. The Kier molecular flexibility index (Phi) is 14.5. The summed E-state index contributed by atoms with van der Waals surface area (Å²) in [5.41, 5.74) is 6.92. The molecule has 166 valence electrons. The van der Waals surface area contributed by atoms with Gasteiger partial charge in [-0.05, 0) is 24.3 Å². The SMILES string of the molecule is CCC(=O)O.CCC(=O)O.NC(=O)N(c1ccccc1)c1ccccc1.c1c[nH]cn1. The van der Waals surface area contributed by atoms with Crippen LogP contribution in [0, 0.1) is 0 Å². The number of carboxylic acids is 2. The van der Waals surface area contributed by atoms with Gasteiger partial charge in [0.05, 0.1) is 17.7 Å². The van der Waals surface area contributed by atoms with Crippen LogP contribution in [0.15, 0.2) is 79.4 Å². The van der Waals surface area contributed by atoms with E-state index in [4.69, 9.17) is 15.9 Å². The Labute approximate surface area is 181 Å². The van der Waals surface area contributed by atoms with Gasteiger partial charge in [0, 0.05) is 25.2 Å². The molecule has 3 rings (SSSR count). The molecule has 1 aromatic heterocycles. The molecule has 2 aromatic carbocycles. The fourth-order valence-corrected chi connectivity index (χ4v) is 1.77. The summed E-state index contributed by atoms with van der Waals surface area (Å²) in [4.78, 5) is 38.1. The standard InChI is InChI=1S/C13H12N2O.C3H4N2.2C3H6O2/c14-13(16)15(11-7-3-1-4-8-11)12-9-5-2-6-10-12;1-2-5-3-4-1;2*1-2-3(4)5/h1-10H,(H2,14,16);1-3H,(H,4,5);2*2H2,1H3,(H,4,5). The van der Waals surface area contributed by atoms with Crippen molar-refractivity contribution in [3.05, 3.63) is 79.4 Å². The van der Waals surface area contributed by atoms with Crippen molar-refractivity contribution in [1.29, 1.82) is 0 Å². The third-order valence-electron chi connectivity index (χ3n) is 3.26. The van der Waals surface area contributed by atoms with Gasteiger partial charge in [-0.15, -0.1) is 0 Å². The fraction of sp³-hybridized carbons (Fsp3) is 0.182. The molecule has 1 heterocycles. The Balaban J connectivity index is 0.000000490. The number of carboxylic acid groups (broad SMARTS) is 2. The largest absolute Gasteiger partial charge is 0.481 e. The lowest BCUT2D eigenvalue weighted by molar-refractivity contribution is -0.137. The van der Waals surface area contributed by atoms with E-state index < -0.39 is 18.0 Å². The highest BCUT2D eigenvalue weighted by Crippen LogP contribution is 2.24. The summed E-state index contributed by atoms with van der Waals surface area (Å²) in [6.07, 6.45) is 5.53. The topological polar surface area (TPSA) is 150 Å². The number of hydrogen-bond acceptors (Lipinski definition) is 4. The van der Waals surface area contributed by atoms with Gasteiger partial charge in [0.15, 0.2) is 0 Å². The molecule has 0 aliphatic carbocycles. The molecule has 0 aliphatic heterocycles. The van der Waals surface area contributed by atoms with Crippen LogP contribution in [-0.2, 0) is 9.59 Å². The number of carbonyl (C=O) groups excluding carboxylic acids is 1. The van der Waals surface area contributed by atoms with Crippen LogP contribution < -0.4 is 10.6 Å². The zero-order valence-electron chi connectivity index (χ0n) is 17.5. The Bertz CT molecular complexity index is 785. The van der Waals surface area contributed by atoms with Gasteiger partial charge >= 0.3 is 18.0 Å². The molecule has 31 heavy (non-hydrogen) atoms. The molecule has 0 saturated carbocycles. The van der Waals surface area contributed by atoms with Crippen molar-refractivity contribution in [2.24, 2.45) is 5.73 Å². The average Bonchev–Trinajstić information content (AvgIpc) is 3.36. The molecule has 0 saturated heterocycles. The number of primary amides is 1. The van der Waals surface area contributed by atoms with Crippen molar-refractivity contribution in [2.45, 2.75) is 26.7 Å². The molecule has 0 spiro atoms. The van der Waals surface area contributed by atoms with Crippen LogP contribution in [0.25, 0.3) is 0 Å². The maximum atomic E-state index is 11.4. The van der Waals surface area contributed by atoms with Crippen LogP contribution in [0.4, 0.5) is 16.2 Å². The fourth-order valence-electron chi connectivity index (χ4n) is 1.77. The number of rotatable bonds is 4. The number of nitrogens with two attached hydrogens (primary N) is 1. The molecule has 0 bridgehead atoms. The number of urea groups is 1. The summed E-state index contributed by atoms with van der Waals surface area (Å²) in [6.45, 7) is 3.20. The van der Waals surface area contributed by atoms with Crippen LogP contribution in [0.5, 0.6) is 0 Å². The van der Waals surface area contributed by atoms with E-state index in [1.807, 2.05) is 60.7 Å². The number of aromatic nitrogens is 2. The highest BCUT2D eigenvalue weighted by atomic mass is 16.4. The minimum atomic E-state index is -0.745. The van der Waals surface area contributed by atoms with Crippen molar-refractivity contribution in [3.8, 4) is 0 Å². The maximum Gasteiger partial charge on any atom is 0.323 e. The number of aliphatic carboxylic acids is 2. The Morgan fingerprint density at radius 3 is 1.45 bits per heavy atom. The van der Waals surface area contributed by atoms with Crippen LogP contribution in [-0.4, -0.2) is 38.2 Å². The number of imidazole rings is 1. The molecule has 3 aromatic rings. The number of benzene rings is 2. The number of nitrogens with zero attached hydrogens (tertiary/aromatic N) is 2. The lowest BCUT2D eigenvalue weighted by Crippen LogP contribution is -2.31. The maximum absolute atomic E-state index is 11.4. The second kappa shape index (κ2) is 16.8. The van der Waals surface area contributed by atoms with E-state index in [0.29, 0.717) is 0 Å². The van der Waals surface area contributed by atoms with Crippen LogP contribution >= 0.6 is 0 Å². The summed E-state index contributed by atoms with van der Waals surface area (Å²) >= 11 is 0. The molecular formula is C22H28N4O5. The number of nitrogens with one attached hydrogen (secondary N) is 1. The predicted molar refractivity (Wildman–Crippen MR) is 119 cm³/mol. The van der Waals surface area contributed by atoms with Gasteiger partial charge in [0.2, 0.25) is 0 Å². The minimum Gasteiger partial charge on any atom is -0.481 e. The molecule has 0 radical (unpaired) electrons. The summed E-state index contributed by atoms with van der Waals surface area (Å²) in [7, 11) is 0. The highest BCUT2D eigenvalue weighted by molar-refractivity contribution is 5.98. The Hall–Kier alpha value is -4.14. The van der Waals surface area contributed by atoms with E-state index in [1.165, 1.54) is 4.90 Å². The number of carbonyl (C=O) groups is 3. The first kappa shape index (κ1) is 26.9. The zero-order chi connectivity index (χ0) is 23.5. The quantitative estimate of drug-likeness (QED) is 0.487. The van der Waals surface area contributed by atoms with Crippen molar-refractivity contribution >= 4 is 29.3 Å². The molecule has 0 unspecified atom stereocenters. The Morgan fingerprint density at radius 2 is 1.26 bits per heavy atom. The summed E-state index contributed by atoms with van der Waals surface area (Å²) in [5, 5.41) is 15.4. The van der Waals surface area contributed by atoms with Gasteiger partial charge in [-0.25, -0.2) is 9.78 Å². The van der Waals surface area contributed by atoms with Gasteiger partial charge in [-0.1, -0.05) is 50.2 Å². The highest BCUT2D eigenvalue weighted by Gasteiger charge is 2.13. The van der Waals surface area contributed by atoms with E-state index >= 15 is 0 Å². The number of H-pyrrole nitrogens is 1. The molecule has 0 fully saturated rings. The molecule has 9 heteroatoms. The van der Waals surface area contributed by atoms with Gasteiger partial charge in [-0.3, -0.25) is 14.5 Å². The van der Waals surface area contributed by atoms with Crippen LogP contribution in [0.2, 0.25) is 0 Å². The van der Waals surface area contributed by atoms with Crippen molar-refractivity contribution in [3.63, 3.8) is 0 Å². The molecule has 0 aliphatic rings. The van der Waals surface area contributed by atoms with Crippen LogP contribution in [0.1, 0.15) is 26.7 Å². The number of amides is 2. The van der Waals surface area contributed by atoms with Crippen molar-refractivity contribution < 1.29 is 24.6 Å². The monoisotopic (exact) mass is 428 g/mol. The number of aromatic amines is 1. The number of anilines is 2. The smallest absolute Gasteiger partial charge is 0.323 e. The molecule has 9 nitrogen and oxygen atoms in total. The van der Waals surface area contributed by atoms with Gasteiger partial charge in [0.1, 0.15) is 0 Å². The summed E-state index contributed by atoms with van der Waals surface area (Å²) in [5.74, 6) is -1.49. The van der Waals surface area contributed by atoms with Crippen molar-refractivity contribution in [1.82, 2.24) is 9.97 Å². The van der Waals surface area contributed by atoms with E-state index in [1.54, 1.807) is 32.6 Å². The summed E-state index contributed by atoms with van der Waals surface area (Å²) in [6, 6.07) is 18.2. The van der Waals surface area contributed by atoms with E-state index in [9.17, 15) is 14.4 Å². The molecule has 2 amide bonds. The van der Waals surface area contributed by atoms with Crippen LogP contribution in [0.3, 0.4) is 0 Å². The first-order valence-electron chi connectivity index (χ1n) is 9.39. The van der Waals surface area contributed by atoms with Gasteiger partial charge in [0.25, 0.3) is 0 Å². The number of hydrogen-bond donors (Lipinski definition) is 4. The van der Waals surface area contributed by atoms with E-state index in [2.05, 4.69) is 9.97 Å². The van der Waals surface area contributed by atoms with E-state index in [-0.39, 0.29) is 12.8 Å². The zero-order valence-corrected chi connectivity index (χ0v) is 17.5. The second-order valence-corrected chi connectivity index (χ2v) is 5.60. The third-order valence-corrected chi connectivity index (χ3v) is 3.26. The van der Waals surface area contributed by atoms with Gasteiger partial charge < -0.3 is 20.9 Å². The molecule has 0 atom stereocenters. The first-order chi connectivity index (χ1) is 14.8. The summed E-state index contributed by atoms with van der Waals surface area (Å²) < 4.78 is 0. The van der Waals surface area contributed by atoms with Gasteiger partial charge in [-0.2, -0.15) is 0 Å². The lowest BCUT2D eigenvalue weighted by Gasteiger charge is -2.20. The predicted octanol–water partition coefficient (Wildman–Crippen LogP) is 4.28. The lowest BCUT2D eigenvalue weighted by atomic mass is 10.2. The number of para-hydroxylation sites is 2. The Morgan fingerprint density at radius 1 is 0.871 bits per heavy atom. The molecular weight excluding hydrogens is 400 g/mol.